The summed E-state index contributed by atoms with van der Waals surface area (Å²) in [4.78, 5) is 17.4. The normalized spacial score (nSPS) is 21.2. The molecule has 0 radical (unpaired) electrons. The van der Waals surface area contributed by atoms with Crippen LogP contribution >= 0.6 is 11.5 Å². The molecule has 1 amide bonds. The Bertz CT molecular complexity index is 1110. The second-order valence-electron chi connectivity index (χ2n) is 9.40. The third kappa shape index (κ3) is 3.72. The third-order valence-corrected chi connectivity index (χ3v) is 8.06. The predicted octanol–water partition coefficient (Wildman–Crippen LogP) is 4.74. The summed E-state index contributed by atoms with van der Waals surface area (Å²) in [6.45, 7) is 11.5. The topological polar surface area (TPSA) is 48.5 Å². The first-order valence-electron chi connectivity index (χ1n) is 11.2. The van der Waals surface area contributed by atoms with Gasteiger partial charge < -0.3 is 10.2 Å². The lowest BCUT2D eigenvalue weighted by Crippen LogP contribution is -2.47. The van der Waals surface area contributed by atoms with Crippen molar-refractivity contribution < 1.29 is 4.79 Å². The molecular formula is C25H30N4OS. The molecule has 162 valence electrons. The number of nitrogens with one attached hydrogen (secondary N) is 1. The van der Waals surface area contributed by atoms with Crippen molar-refractivity contribution in [2.75, 3.05) is 42.9 Å². The van der Waals surface area contributed by atoms with E-state index in [2.05, 4.69) is 64.5 Å². The molecule has 0 bridgehead atoms. The molecule has 1 N–H and O–H groups in total. The fourth-order valence-corrected chi connectivity index (χ4v) is 5.48. The summed E-state index contributed by atoms with van der Waals surface area (Å²) in [5.41, 5.74) is 3.22. The first kappa shape index (κ1) is 20.5. The van der Waals surface area contributed by atoms with Gasteiger partial charge in [-0.3, -0.25) is 9.69 Å². The highest BCUT2D eigenvalue weighted by Crippen LogP contribution is 2.43. The molecule has 5 nitrogen and oxygen atoms in total. The molecule has 2 aliphatic heterocycles. The smallest absolute Gasteiger partial charge is 0.230 e. The van der Waals surface area contributed by atoms with Gasteiger partial charge in [0.05, 0.1) is 10.1 Å². The number of piperazine rings is 1. The van der Waals surface area contributed by atoms with Crippen molar-refractivity contribution in [3.8, 4) is 0 Å². The quantitative estimate of drug-likeness (QED) is 0.644. The molecule has 6 heteroatoms. The van der Waals surface area contributed by atoms with Crippen LogP contribution in [0.2, 0.25) is 0 Å². The van der Waals surface area contributed by atoms with Crippen molar-refractivity contribution in [2.45, 2.75) is 33.1 Å². The van der Waals surface area contributed by atoms with E-state index in [4.69, 9.17) is 4.37 Å². The average molecular weight is 435 g/mol. The van der Waals surface area contributed by atoms with Crippen LogP contribution in [0.25, 0.3) is 10.1 Å². The zero-order valence-electron chi connectivity index (χ0n) is 18.5. The Balaban J connectivity index is 1.20. The highest BCUT2D eigenvalue weighted by atomic mass is 32.1. The zero-order chi connectivity index (χ0) is 21.6. The number of rotatable bonds is 4. The monoisotopic (exact) mass is 434 g/mol. The summed E-state index contributed by atoms with van der Waals surface area (Å²) in [6.07, 6.45) is 1.04. The molecule has 1 fully saturated rings. The molecule has 2 aliphatic rings. The lowest BCUT2D eigenvalue weighted by Gasteiger charge is -2.37. The zero-order valence-corrected chi connectivity index (χ0v) is 19.3. The third-order valence-electron chi connectivity index (χ3n) is 7.25. The van der Waals surface area contributed by atoms with Crippen LogP contribution < -0.4 is 10.2 Å². The molecule has 31 heavy (non-hydrogen) atoms. The number of nitrogens with zero attached hydrogens (tertiary/aromatic N) is 3. The Hall–Kier alpha value is -2.44. The van der Waals surface area contributed by atoms with E-state index in [0.29, 0.717) is 0 Å². The molecule has 0 aliphatic carbocycles. The van der Waals surface area contributed by atoms with Gasteiger partial charge in [-0.25, -0.2) is 0 Å². The van der Waals surface area contributed by atoms with E-state index >= 15 is 0 Å². The van der Waals surface area contributed by atoms with E-state index in [1.54, 1.807) is 11.5 Å². The number of benzene rings is 2. The highest BCUT2D eigenvalue weighted by Gasteiger charge is 2.40. The van der Waals surface area contributed by atoms with Gasteiger partial charge in [0, 0.05) is 43.8 Å². The summed E-state index contributed by atoms with van der Waals surface area (Å²) in [5.74, 6) is 1.48. The first-order valence-corrected chi connectivity index (χ1v) is 12.0. The minimum absolute atomic E-state index is 0.117. The Labute approximate surface area is 188 Å². The van der Waals surface area contributed by atoms with Crippen molar-refractivity contribution in [2.24, 2.45) is 5.41 Å². The molecule has 3 aromatic rings. The number of anilines is 2. The van der Waals surface area contributed by atoms with E-state index in [-0.39, 0.29) is 17.2 Å². The van der Waals surface area contributed by atoms with Crippen LogP contribution in [0, 0.1) is 5.41 Å². The fraction of sp³-hybridized carbons (Fsp3) is 0.440. The van der Waals surface area contributed by atoms with Crippen LogP contribution in [0.3, 0.4) is 0 Å². The summed E-state index contributed by atoms with van der Waals surface area (Å²) in [7, 11) is 0. The van der Waals surface area contributed by atoms with Crippen LogP contribution in [-0.4, -0.2) is 47.9 Å². The van der Waals surface area contributed by atoms with E-state index in [1.165, 1.54) is 21.2 Å². The van der Waals surface area contributed by atoms with Crippen LogP contribution in [-0.2, 0) is 11.2 Å². The molecular weight excluding hydrogens is 404 g/mol. The minimum atomic E-state index is -0.373. The van der Waals surface area contributed by atoms with Crippen molar-refractivity contribution in [3.63, 3.8) is 0 Å². The van der Waals surface area contributed by atoms with Crippen LogP contribution in [0.15, 0.2) is 42.5 Å². The number of hydrogen-bond donors (Lipinski definition) is 1. The van der Waals surface area contributed by atoms with Gasteiger partial charge in [0.2, 0.25) is 5.91 Å². The lowest BCUT2D eigenvalue weighted by atomic mass is 9.72. The number of carbonyl (C=O) groups excluding carboxylic acids is 1. The van der Waals surface area contributed by atoms with Crippen molar-refractivity contribution >= 4 is 39.0 Å². The van der Waals surface area contributed by atoms with Crippen LogP contribution in [0.4, 0.5) is 11.5 Å². The average Bonchev–Trinajstić information content (AvgIpc) is 3.21. The first-order chi connectivity index (χ1) is 14.9. The lowest BCUT2D eigenvalue weighted by molar-refractivity contribution is -0.125. The summed E-state index contributed by atoms with van der Waals surface area (Å²) >= 11 is 1.60. The van der Waals surface area contributed by atoms with Crippen LogP contribution in [0.5, 0.6) is 0 Å². The molecule has 1 saturated heterocycles. The molecule has 3 heterocycles. The maximum Gasteiger partial charge on any atom is 0.230 e. The standard InChI is InChI=1S/C25H30N4OS/c1-17-20-16-18(8-9-21(20)26-24(30)25(17,2)3)10-11-28-12-14-29(15-13-28)23-19-6-4-5-7-22(19)31-27-23/h4-9,16-17H,10-15H2,1-3H3,(H,26,30). The predicted molar refractivity (Wildman–Crippen MR) is 129 cm³/mol. The molecule has 0 spiro atoms. The van der Waals surface area contributed by atoms with Crippen molar-refractivity contribution in [3.05, 3.63) is 53.6 Å². The molecule has 2 aromatic carbocycles. The number of fused-ring (bicyclic) bond motifs is 2. The Morgan fingerprint density at radius 1 is 1.13 bits per heavy atom. The molecule has 1 aromatic heterocycles. The summed E-state index contributed by atoms with van der Waals surface area (Å²) < 4.78 is 5.99. The van der Waals surface area contributed by atoms with Gasteiger partial charge in [0.1, 0.15) is 5.82 Å². The van der Waals surface area contributed by atoms with Gasteiger partial charge in [0.25, 0.3) is 0 Å². The fourth-order valence-electron chi connectivity index (χ4n) is 4.68. The maximum atomic E-state index is 12.4. The molecule has 1 unspecified atom stereocenters. The molecule has 0 saturated carbocycles. The number of amides is 1. The van der Waals surface area contributed by atoms with E-state index < -0.39 is 0 Å². The number of carbonyl (C=O) groups is 1. The SMILES string of the molecule is CC1c2cc(CCN3CCN(c4nsc5ccccc45)CC3)ccc2NC(=O)C1(C)C. The van der Waals surface area contributed by atoms with Gasteiger partial charge in [-0.1, -0.05) is 45.0 Å². The number of hydrogen-bond acceptors (Lipinski definition) is 5. The van der Waals surface area contributed by atoms with Gasteiger partial charge in [0.15, 0.2) is 0 Å². The Morgan fingerprint density at radius 3 is 2.71 bits per heavy atom. The van der Waals surface area contributed by atoms with Crippen molar-refractivity contribution in [1.82, 2.24) is 9.27 Å². The largest absolute Gasteiger partial charge is 0.353 e. The summed E-state index contributed by atoms with van der Waals surface area (Å²) in [5, 5.41) is 4.36. The van der Waals surface area contributed by atoms with Crippen LogP contribution in [0.1, 0.15) is 37.8 Å². The van der Waals surface area contributed by atoms with Gasteiger partial charge in [-0.05, 0) is 53.2 Å². The van der Waals surface area contributed by atoms with Gasteiger partial charge in [-0.15, -0.1) is 0 Å². The van der Waals surface area contributed by atoms with Gasteiger partial charge >= 0.3 is 0 Å². The van der Waals surface area contributed by atoms with Crippen molar-refractivity contribution in [1.29, 1.82) is 0 Å². The molecule has 5 rings (SSSR count). The van der Waals surface area contributed by atoms with E-state index in [1.807, 2.05) is 13.8 Å². The van der Waals surface area contributed by atoms with Gasteiger partial charge in [-0.2, -0.15) is 4.37 Å². The molecule has 1 atom stereocenters. The second-order valence-corrected chi connectivity index (χ2v) is 10.2. The highest BCUT2D eigenvalue weighted by molar-refractivity contribution is 7.13. The second kappa shape index (κ2) is 7.92. The van der Waals surface area contributed by atoms with E-state index in [0.717, 1.165) is 50.6 Å². The Kier molecular flexibility index (Phi) is 5.22. The minimum Gasteiger partial charge on any atom is -0.353 e. The maximum absolute atomic E-state index is 12.4. The number of aromatic nitrogens is 1. The van der Waals surface area contributed by atoms with E-state index in [9.17, 15) is 4.79 Å². The summed E-state index contributed by atoms with van der Waals surface area (Å²) in [6, 6.07) is 15.1. The Morgan fingerprint density at radius 2 is 1.90 bits per heavy atom.